The number of amides is 1. The van der Waals surface area contributed by atoms with E-state index in [2.05, 4.69) is 0 Å². The first-order valence-corrected chi connectivity index (χ1v) is 12.0. The van der Waals surface area contributed by atoms with Gasteiger partial charge in [-0.05, 0) is 62.6 Å². The van der Waals surface area contributed by atoms with Crippen molar-refractivity contribution in [2.45, 2.75) is 43.7 Å². The fourth-order valence-electron chi connectivity index (χ4n) is 4.02. The van der Waals surface area contributed by atoms with Crippen molar-refractivity contribution in [3.8, 4) is 11.5 Å². The van der Waals surface area contributed by atoms with Crippen LogP contribution in [0.1, 0.15) is 48.7 Å². The molecule has 0 unspecified atom stereocenters. The Morgan fingerprint density at radius 2 is 1.84 bits per heavy atom. The van der Waals surface area contributed by atoms with Gasteiger partial charge < -0.3 is 14.4 Å². The van der Waals surface area contributed by atoms with Gasteiger partial charge in [-0.1, -0.05) is 12.1 Å². The van der Waals surface area contributed by atoms with E-state index in [1.54, 1.807) is 19.2 Å². The van der Waals surface area contributed by atoms with Crippen molar-refractivity contribution in [1.29, 1.82) is 0 Å². The van der Waals surface area contributed by atoms with Gasteiger partial charge in [0.2, 0.25) is 10.0 Å². The summed E-state index contributed by atoms with van der Waals surface area (Å²) < 4.78 is 38.3. The lowest BCUT2D eigenvalue weighted by atomic mass is 10.0. The van der Waals surface area contributed by atoms with E-state index in [0.29, 0.717) is 31.1 Å². The molecule has 166 valence electrons. The third-order valence-electron chi connectivity index (χ3n) is 5.95. The lowest BCUT2D eigenvalue weighted by Gasteiger charge is -2.27. The molecule has 0 bridgehead atoms. The van der Waals surface area contributed by atoms with Crippen LogP contribution in [0.3, 0.4) is 0 Å². The molecule has 0 aliphatic carbocycles. The molecule has 7 nitrogen and oxygen atoms in total. The van der Waals surface area contributed by atoms with Gasteiger partial charge in [0, 0.05) is 25.2 Å². The first-order chi connectivity index (χ1) is 14.8. The van der Waals surface area contributed by atoms with Crippen LogP contribution in [0.25, 0.3) is 0 Å². The number of hydrogen-bond donors (Lipinski definition) is 0. The van der Waals surface area contributed by atoms with Crippen molar-refractivity contribution < 1.29 is 22.7 Å². The van der Waals surface area contributed by atoms with Gasteiger partial charge in [0.15, 0.2) is 11.5 Å². The lowest BCUT2D eigenvalue weighted by molar-refractivity contribution is 0.0735. The van der Waals surface area contributed by atoms with Crippen molar-refractivity contribution >= 4 is 15.9 Å². The Morgan fingerprint density at radius 1 is 1.10 bits per heavy atom. The smallest absolute Gasteiger partial charge is 0.254 e. The minimum absolute atomic E-state index is 0.0815. The summed E-state index contributed by atoms with van der Waals surface area (Å²) in [6.07, 6.45) is 1.73. The summed E-state index contributed by atoms with van der Waals surface area (Å²) in [6, 6.07) is 11.9. The van der Waals surface area contributed by atoms with Gasteiger partial charge in [-0.25, -0.2) is 8.42 Å². The summed E-state index contributed by atoms with van der Waals surface area (Å²) in [5, 5.41) is 0. The fraction of sp³-hybridized carbons (Fsp3) is 0.435. The highest BCUT2D eigenvalue weighted by Gasteiger charge is 2.32. The zero-order valence-electron chi connectivity index (χ0n) is 18.1. The zero-order chi connectivity index (χ0) is 22.2. The monoisotopic (exact) mass is 444 g/mol. The molecule has 2 aliphatic rings. The highest BCUT2D eigenvalue weighted by molar-refractivity contribution is 7.89. The summed E-state index contributed by atoms with van der Waals surface area (Å²) in [5.74, 6) is 1.26. The largest absolute Gasteiger partial charge is 0.486 e. The van der Waals surface area contributed by atoms with Gasteiger partial charge in [-0.3, -0.25) is 4.79 Å². The average molecular weight is 445 g/mol. The standard InChI is InChI=1S/C23H28N2O5S/c1-16(2)24(3)31(27,28)19-7-4-6-18(14-19)23(26)25-11-5-8-20(25)17-9-10-21-22(15-17)30-13-12-29-21/h4,6-7,9-10,14-16,20H,5,8,11-13H2,1-3H3/t20-/m1/s1. The third-order valence-corrected chi connectivity index (χ3v) is 7.98. The third kappa shape index (κ3) is 4.14. The Labute approximate surface area is 183 Å². The highest BCUT2D eigenvalue weighted by Crippen LogP contribution is 2.38. The molecule has 2 heterocycles. The molecular formula is C23H28N2O5S. The molecule has 4 rings (SSSR count). The van der Waals surface area contributed by atoms with Crippen LogP contribution in [-0.2, 0) is 10.0 Å². The molecule has 31 heavy (non-hydrogen) atoms. The maximum Gasteiger partial charge on any atom is 0.254 e. The molecule has 1 fully saturated rings. The second kappa shape index (κ2) is 8.51. The van der Waals surface area contributed by atoms with Gasteiger partial charge in [-0.2, -0.15) is 4.31 Å². The summed E-state index contributed by atoms with van der Waals surface area (Å²) in [7, 11) is -2.11. The van der Waals surface area contributed by atoms with E-state index in [1.165, 1.54) is 16.4 Å². The molecule has 0 radical (unpaired) electrons. The fourth-order valence-corrected chi connectivity index (χ4v) is 5.44. The normalized spacial score (nSPS) is 18.6. The number of benzene rings is 2. The first-order valence-electron chi connectivity index (χ1n) is 10.6. The first kappa shape index (κ1) is 21.6. The maximum absolute atomic E-state index is 13.4. The quantitative estimate of drug-likeness (QED) is 0.706. The molecular weight excluding hydrogens is 416 g/mol. The van der Waals surface area contributed by atoms with Crippen molar-refractivity contribution in [3.05, 3.63) is 53.6 Å². The summed E-state index contributed by atoms with van der Waals surface area (Å²) in [6.45, 7) is 5.30. The van der Waals surface area contributed by atoms with Gasteiger partial charge in [0.25, 0.3) is 5.91 Å². The Hall–Kier alpha value is -2.58. The van der Waals surface area contributed by atoms with Crippen LogP contribution in [-0.4, -0.2) is 56.4 Å². The molecule has 2 aromatic rings. The number of fused-ring (bicyclic) bond motifs is 1. The number of likely N-dealkylation sites (tertiary alicyclic amines) is 1. The van der Waals surface area contributed by atoms with E-state index in [-0.39, 0.29) is 22.9 Å². The van der Waals surface area contributed by atoms with E-state index in [9.17, 15) is 13.2 Å². The molecule has 2 aromatic carbocycles. The molecule has 1 atom stereocenters. The molecule has 1 amide bonds. The van der Waals surface area contributed by atoms with Crippen LogP contribution in [0.2, 0.25) is 0 Å². The predicted molar refractivity (Wildman–Crippen MR) is 117 cm³/mol. The SMILES string of the molecule is CC(C)N(C)S(=O)(=O)c1cccc(C(=O)N2CCC[C@@H]2c2ccc3c(c2)OCCO3)c1. The van der Waals surface area contributed by atoms with Gasteiger partial charge in [0.05, 0.1) is 10.9 Å². The van der Waals surface area contributed by atoms with Crippen LogP contribution in [0.5, 0.6) is 11.5 Å². The number of carbonyl (C=O) groups is 1. The lowest BCUT2D eigenvalue weighted by Crippen LogP contribution is -2.33. The summed E-state index contributed by atoms with van der Waals surface area (Å²) in [4.78, 5) is 15.3. The van der Waals surface area contributed by atoms with Crippen LogP contribution in [0.15, 0.2) is 47.4 Å². The van der Waals surface area contributed by atoms with Crippen molar-refractivity contribution in [2.24, 2.45) is 0 Å². The number of sulfonamides is 1. The van der Waals surface area contributed by atoms with Crippen molar-refractivity contribution in [3.63, 3.8) is 0 Å². The van der Waals surface area contributed by atoms with E-state index >= 15 is 0 Å². The van der Waals surface area contributed by atoms with E-state index < -0.39 is 10.0 Å². The Balaban J connectivity index is 1.61. The molecule has 0 saturated carbocycles. The molecule has 1 saturated heterocycles. The van der Waals surface area contributed by atoms with Crippen LogP contribution in [0, 0.1) is 0 Å². The number of nitrogens with zero attached hydrogens (tertiary/aromatic N) is 2. The average Bonchev–Trinajstić information content (AvgIpc) is 3.27. The zero-order valence-corrected chi connectivity index (χ0v) is 18.9. The van der Waals surface area contributed by atoms with E-state index in [1.807, 2.05) is 36.9 Å². The van der Waals surface area contributed by atoms with Gasteiger partial charge >= 0.3 is 0 Å². The highest BCUT2D eigenvalue weighted by atomic mass is 32.2. The second-order valence-corrected chi connectivity index (χ2v) is 10.2. The predicted octanol–water partition coefficient (Wildman–Crippen LogP) is 3.46. The topological polar surface area (TPSA) is 76.2 Å². The molecule has 2 aliphatic heterocycles. The Bertz CT molecular complexity index is 1080. The van der Waals surface area contributed by atoms with Crippen molar-refractivity contribution in [1.82, 2.24) is 9.21 Å². The second-order valence-electron chi connectivity index (χ2n) is 8.20. The van der Waals surface area contributed by atoms with E-state index in [0.717, 1.165) is 24.2 Å². The minimum Gasteiger partial charge on any atom is -0.486 e. The Morgan fingerprint density at radius 3 is 2.58 bits per heavy atom. The number of ether oxygens (including phenoxy) is 2. The molecule has 0 spiro atoms. The number of hydrogen-bond acceptors (Lipinski definition) is 5. The molecule has 0 N–H and O–H groups in total. The van der Waals surface area contributed by atoms with Crippen LogP contribution in [0.4, 0.5) is 0 Å². The summed E-state index contributed by atoms with van der Waals surface area (Å²) >= 11 is 0. The van der Waals surface area contributed by atoms with Gasteiger partial charge in [-0.15, -0.1) is 0 Å². The van der Waals surface area contributed by atoms with Gasteiger partial charge in [0.1, 0.15) is 13.2 Å². The minimum atomic E-state index is -3.66. The molecule has 8 heteroatoms. The Kier molecular flexibility index (Phi) is 5.94. The molecule has 0 aromatic heterocycles. The maximum atomic E-state index is 13.4. The van der Waals surface area contributed by atoms with Crippen LogP contribution < -0.4 is 9.47 Å². The van der Waals surface area contributed by atoms with Crippen LogP contribution >= 0.6 is 0 Å². The van der Waals surface area contributed by atoms with E-state index in [4.69, 9.17) is 9.47 Å². The van der Waals surface area contributed by atoms with Crippen molar-refractivity contribution in [2.75, 3.05) is 26.8 Å². The summed E-state index contributed by atoms with van der Waals surface area (Å²) in [5.41, 5.74) is 1.38. The number of carbonyl (C=O) groups excluding carboxylic acids is 1. The number of rotatable bonds is 5.